The molecule has 2 atom stereocenters. The number of hydrogen-bond acceptors (Lipinski definition) is 6. The molecule has 248 valence electrons. The molecule has 7 nitrogen and oxygen atoms in total. The van der Waals surface area contributed by atoms with Crippen molar-refractivity contribution in [2.45, 2.75) is 48.1 Å². The monoisotopic (exact) mass is 684 g/mol. The number of benzene rings is 4. The van der Waals surface area contributed by atoms with Gasteiger partial charge in [-0.25, -0.2) is 18.1 Å². The molecule has 0 saturated heterocycles. The molecular formula is C34H26F6N4O3S. The normalized spacial score (nSPS) is 18.2. The summed E-state index contributed by atoms with van der Waals surface area (Å²) in [6.07, 6.45) is -10.7. The van der Waals surface area contributed by atoms with E-state index < -0.39 is 50.8 Å². The van der Waals surface area contributed by atoms with E-state index >= 15 is 0 Å². The highest BCUT2D eigenvalue weighted by Gasteiger charge is 2.57. The second-order valence-electron chi connectivity index (χ2n) is 11.3. The number of hydrogen-bond donors (Lipinski definition) is 0. The van der Waals surface area contributed by atoms with Crippen molar-refractivity contribution in [3.63, 3.8) is 0 Å². The molecule has 0 radical (unpaired) electrons. The molecule has 0 aliphatic carbocycles. The number of halogens is 6. The van der Waals surface area contributed by atoms with Gasteiger partial charge in [0.25, 0.3) is 0 Å². The summed E-state index contributed by atoms with van der Waals surface area (Å²) in [5.74, 6) is 0. The third-order valence-corrected chi connectivity index (χ3v) is 10.3. The predicted octanol–water partition coefficient (Wildman–Crippen LogP) is 7.85. The molecule has 14 heteroatoms. The van der Waals surface area contributed by atoms with E-state index in [0.29, 0.717) is 23.3 Å². The molecule has 2 unspecified atom stereocenters. The van der Waals surface area contributed by atoms with Gasteiger partial charge in [0.1, 0.15) is 5.69 Å². The molecule has 1 aromatic heterocycles. The summed E-state index contributed by atoms with van der Waals surface area (Å²) in [5.41, 5.74) is -1.35. The van der Waals surface area contributed by atoms with Gasteiger partial charge < -0.3 is 4.74 Å². The Morgan fingerprint density at radius 3 is 1.96 bits per heavy atom. The van der Waals surface area contributed by atoms with E-state index in [0.717, 1.165) is 16.6 Å². The Balaban J connectivity index is 1.53. The van der Waals surface area contributed by atoms with E-state index in [1.807, 2.05) is 6.92 Å². The zero-order chi connectivity index (χ0) is 34.3. The van der Waals surface area contributed by atoms with Crippen molar-refractivity contribution < 1.29 is 39.5 Å². The molecular weight excluding hydrogens is 658 g/mol. The first-order valence-corrected chi connectivity index (χ1v) is 16.0. The maximum atomic E-state index is 14.6. The Bertz CT molecular complexity index is 2030. The van der Waals surface area contributed by atoms with Crippen LogP contribution in [0.15, 0.2) is 113 Å². The van der Waals surface area contributed by atoms with Crippen LogP contribution in [0.2, 0.25) is 0 Å². The number of aromatic nitrogens is 3. The average molecular weight is 685 g/mol. The highest BCUT2D eigenvalue weighted by atomic mass is 32.2. The molecule has 48 heavy (non-hydrogen) atoms. The van der Waals surface area contributed by atoms with E-state index in [9.17, 15) is 34.8 Å². The fourth-order valence-corrected chi connectivity index (χ4v) is 7.57. The minimum Gasteiger partial charge on any atom is -0.470 e. The minimum absolute atomic E-state index is 0.0201. The van der Waals surface area contributed by atoms with E-state index in [1.165, 1.54) is 12.1 Å². The van der Waals surface area contributed by atoms with Crippen LogP contribution >= 0.6 is 0 Å². The zero-order valence-electron chi connectivity index (χ0n) is 25.1. The molecule has 2 heterocycles. The van der Waals surface area contributed by atoms with Gasteiger partial charge in [0.15, 0.2) is 12.5 Å². The van der Waals surface area contributed by atoms with Crippen molar-refractivity contribution >= 4 is 16.2 Å². The molecule has 0 bridgehead atoms. The van der Waals surface area contributed by atoms with Crippen LogP contribution in [0.4, 0.5) is 26.3 Å². The lowest BCUT2D eigenvalue weighted by atomic mass is 9.96. The third-order valence-electron chi connectivity index (χ3n) is 8.01. The molecule has 5 aromatic rings. The summed E-state index contributed by atoms with van der Waals surface area (Å²) in [6, 6.07) is 24.5. The van der Waals surface area contributed by atoms with Crippen LogP contribution in [0.1, 0.15) is 39.6 Å². The van der Waals surface area contributed by atoms with Gasteiger partial charge in [-0.1, -0.05) is 83.6 Å². The zero-order valence-corrected chi connectivity index (χ0v) is 25.9. The molecule has 6 rings (SSSR count). The van der Waals surface area contributed by atoms with Crippen LogP contribution in [0.3, 0.4) is 0 Å². The lowest BCUT2D eigenvalue weighted by Gasteiger charge is -2.31. The third kappa shape index (κ3) is 6.19. The number of aliphatic imine (C=N–C) groups is 1. The van der Waals surface area contributed by atoms with Crippen LogP contribution < -0.4 is 0 Å². The standard InChI is InChI=1S/C34H26F6N4O3S/c1-22-12-14-28(15-13-22)48(45,46)32(19-23-8-4-2-5-9-23)31(47-21-41-32)29-30(25-10-6-3-7-11-25)44(43-42-29)20-24-16-26(33(35,36)37)18-27(17-24)34(38,39)40/h2-18,21,31H,19-20H2,1H3. The van der Waals surface area contributed by atoms with E-state index in [1.54, 1.807) is 72.8 Å². The molecule has 0 N–H and O–H groups in total. The molecule has 0 fully saturated rings. The predicted molar refractivity (Wildman–Crippen MR) is 165 cm³/mol. The van der Waals surface area contributed by atoms with Gasteiger partial charge in [-0.05, 0) is 48.4 Å². The van der Waals surface area contributed by atoms with Gasteiger partial charge >= 0.3 is 12.4 Å². The fraction of sp³-hybridized carbons (Fsp3) is 0.206. The number of ether oxygens (including phenoxy) is 1. The Kier molecular flexibility index (Phi) is 8.40. The highest BCUT2D eigenvalue weighted by molar-refractivity contribution is 7.93. The van der Waals surface area contributed by atoms with Crippen molar-refractivity contribution in [2.75, 3.05) is 0 Å². The van der Waals surface area contributed by atoms with Gasteiger partial charge in [0.05, 0.1) is 28.3 Å². The Morgan fingerprint density at radius 1 is 0.792 bits per heavy atom. The van der Waals surface area contributed by atoms with Gasteiger partial charge in [-0.2, -0.15) is 26.3 Å². The van der Waals surface area contributed by atoms with Crippen LogP contribution in [-0.4, -0.2) is 34.7 Å². The van der Waals surface area contributed by atoms with Crippen molar-refractivity contribution in [1.29, 1.82) is 0 Å². The summed E-state index contributed by atoms with van der Waals surface area (Å²) < 4.78 is 118. The molecule has 0 saturated carbocycles. The first-order valence-electron chi connectivity index (χ1n) is 14.5. The van der Waals surface area contributed by atoms with Gasteiger partial charge in [0.2, 0.25) is 14.7 Å². The highest BCUT2D eigenvalue weighted by Crippen LogP contribution is 2.47. The molecule has 0 amide bonds. The molecule has 1 aliphatic rings. The lowest BCUT2D eigenvalue weighted by Crippen LogP contribution is -2.43. The smallest absolute Gasteiger partial charge is 0.416 e. The molecule has 1 aliphatic heterocycles. The largest absolute Gasteiger partial charge is 0.470 e. The van der Waals surface area contributed by atoms with E-state index in [4.69, 9.17) is 4.74 Å². The fourth-order valence-electron chi connectivity index (χ4n) is 5.68. The maximum Gasteiger partial charge on any atom is 0.416 e. The summed E-state index contributed by atoms with van der Waals surface area (Å²) in [5, 5.41) is 8.40. The number of rotatable bonds is 8. The van der Waals surface area contributed by atoms with Gasteiger partial charge in [0, 0.05) is 12.0 Å². The summed E-state index contributed by atoms with van der Waals surface area (Å²) in [6.45, 7) is 1.25. The summed E-state index contributed by atoms with van der Waals surface area (Å²) in [7, 11) is -4.36. The average Bonchev–Trinajstić information content (AvgIpc) is 3.66. The van der Waals surface area contributed by atoms with Crippen molar-refractivity contribution in [3.05, 3.63) is 137 Å². The Hall–Kier alpha value is -4.98. The lowest BCUT2D eigenvalue weighted by molar-refractivity contribution is -0.143. The van der Waals surface area contributed by atoms with Crippen LogP contribution in [-0.2, 0) is 39.9 Å². The van der Waals surface area contributed by atoms with Crippen molar-refractivity contribution in [1.82, 2.24) is 15.0 Å². The molecule has 4 aromatic carbocycles. The van der Waals surface area contributed by atoms with Crippen LogP contribution in [0.25, 0.3) is 11.3 Å². The van der Waals surface area contributed by atoms with Crippen LogP contribution in [0.5, 0.6) is 0 Å². The van der Waals surface area contributed by atoms with Gasteiger partial charge in [-0.3, -0.25) is 0 Å². The van der Waals surface area contributed by atoms with Crippen molar-refractivity contribution in [3.8, 4) is 11.3 Å². The SMILES string of the molecule is Cc1ccc(S(=O)(=O)C2(Cc3ccccc3)N=COC2c2nnn(Cc3cc(C(F)(F)F)cc(C(F)(F)F)c3)c2-c2ccccc2)cc1. The molecule has 0 spiro atoms. The second-order valence-corrected chi connectivity index (χ2v) is 13.5. The first-order chi connectivity index (χ1) is 22.7. The minimum atomic E-state index is -5.05. The maximum absolute atomic E-state index is 14.6. The Labute approximate surface area is 271 Å². The topological polar surface area (TPSA) is 86.4 Å². The van der Waals surface area contributed by atoms with Crippen molar-refractivity contribution in [2.24, 2.45) is 4.99 Å². The second kappa shape index (κ2) is 12.2. The van der Waals surface area contributed by atoms with E-state index in [-0.39, 0.29) is 34.3 Å². The summed E-state index contributed by atoms with van der Waals surface area (Å²) in [4.78, 5) is 2.38. The quantitative estimate of drug-likeness (QED) is 0.156. The number of sulfone groups is 1. The number of alkyl halides is 6. The Morgan fingerprint density at radius 2 is 1.38 bits per heavy atom. The number of nitrogens with zero attached hydrogens (tertiary/aromatic N) is 4. The summed E-state index contributed by atoms with van der Waals surface area (Å²) >= 11 is 0. The van der Waals surface area contributed by atoms with Crippen LogP contribution in [0, 0.1) is 6.92 Å². The van der Waals surface area contributed by atoms with Gasteiger partial charge in [-0.15, -0.1) is 5.10 Å². The number of aryl methyl sites for hydroxylation is 1. The first kappa shape index (κ1) is 32.9. The van der Waals surface area contributed by atoms with E-state index in [2.05, 4.69) is 15.3 Å².